The van der Waals surface area contributed by atoms with Crippen LogP contribution in [0.15, 0.2) is 0 Å². The maximum atomic E-state index is 12.8. The lowest BCUT2D eigenvalue weighted by Crippen LogP contribution is -2.55. The zero-order valence-corrected chi connectivity index (χ0v) is 11.6. The van der Waals surface area contributed by atoms with Gasteiger partial charge in [0, 0.05) is 6.42 Å². The van der Waals surface area contributed by atoms with Crippen molar-refractivity contribution >= 4 is 5.78 Å². The van der Waals surface area contributed by atoms with Crippen molar-refractivity contribution in [1.82, 2.24) is 4.90 Å². The van der Waals surface area contributed by atoms with E-state index in [1.165, 1.54) is 64.5 Å². The minimum absolute atomic E-state index is 0.0178. The molecule has 2 nitrogen and oxygen atoms in total. The molecule has 0 spiro atoms. The first kappa shape index (κ1) is 12.7. The van der Waals surface area contributed by atoms with Crippen LogP contribution < -0.4 is 0 Å². The van der Waals surface area contributed by atoms with E-state index in [0.29, 0.717) is 5.78 Å². The van der Waals surface area contributed by atoms with Gasteiger partial charge in [-0.05, 0) is 44.7 Å². The van der Waals surface area contributed by atoms with Crippen LogP contribution in [0.1, 0.15) is 70.6 Å². The molecule has 0 aromatic rings. The number of nitrogens with zero attached hydrogens (tertiary/aromatic N) is 1. The molecule has 3 rings (SSSR count). The first-order valence-corrected chi connectivity index (χ1v) is 8.10. The van der Waals surface area contributed by atoms with Crippen molar-refractivity contribution < 1.29 is 4.79 Å². The van der Waals surface area contributed by atoms with Gasteiger partial charge < -0.3 is 0 Å². The fourth-order valence-electron chi connectivity index (χ4n) is 4.20. The van der Waals surface area contributed by atoms with Crippen LogP contribution in [-0.2, 0) is 4.79 Å². The standard InChI is InChI=1S/C16H27NO/c18-15(13-14-7-6-8-14)16(9-2-3-10-16)17-11-4-1-5-12-17/h14H,1-13H2. The second-order valence-electron chi connectivity index (χ2n) is 6.71. The van der Waals surface area contributed by atoms with Gasteiger partial charge in [0.05, 0.1) is 5.54 Å². The smallest absolute Gasteiger partial charge is 0.153 e. The van der Waals surface area contributed by atoms with E-state index in [1.807, 2.05) is 0 Å². The highest BCUT2D eigenvalue weighted by atomic mass is 16.1. The Bertz CT molecular complexity index is 296. The summed E-state index contributed by atoms with van der Waals surface area (Å²) in [6.07, 6.45) is 13.7. The lowest BCUT2D eigenvalue weighted by Gasteiger charge is -2.43. The van der Waals surface area contributed by atoms with Crippen molar-refractivity contribution in [2.75, 3.05) is 13.1 Å². The van der Waals surface area contributed by atoms with Gasteiger partial charge >= 0.3 is 0 Å². The number of Topliss-reactive ketones (excluding diaryl/α,β-unsaturated/α-hetero) is 1. The Morgan fingerprint density at radius 1 is 0.944 bits per heavy atom. The van der Waals surface area contributed by atoms with Gasteiger partial charge in [0.2, 0.25) is 0 Å². The first-order chi connectivity index (χ1) is 8.81. The maximum Gasteiger partial charge on any atom is 0.153 e. The molecule has 1 heterocycles. The second kappa shape index (κ2) is 5.32. The molecule has 0 amide bonds. The van der Waals surface area contributed by atoms with Crippen molar-refractivity contribution in [3.05, 3.63) is 0 Å². The molecule has 0 aromatic carbocycles. The van der Waals surface area contributed by atoms with Gasteiger partial charge in [0.1, 0.15) is 0 Å². The predicted octanol–water partition coefficient (Wildman–Crippen LogP) is 3.54. The Hall–Kier alpha value is -0.370. The summed E-state index contributed by atoms with van der Waals surface area (Å²) >= 11 is 0. The summed E-state index contributed by atoms with van der Waals surface area (Å²) in [6, 6.07) is 0. The van der Waals surface area contributed by atoms with E-state index in [9.17, 15) is 4.79 Å². The molecule has 0 aromatic heterocycles. The van der Waals surface area contributed by atoms with Crippen molar-refractivity contribution in [3.8, 4) is 0 Å². The third kappa shape index (κ3) is 2.24. The molecule has 3 aliphatic rings. The minimum atomic E-state index is -0.0178. The molecule has 2 saturated carbocycles. The van der Waals surface area contributed by atoms with E-state index < -0.39 is 0 Å². The van der Waals surface area contributed by atoms with Gasteiger partial charge in [-0.25, -0.2) is 0 Å². The molecular formula is C16H27NO. The average Bonchev–Trinajstić information content (AvgIpc) is 2.85. The average molecular weight is 249 g/mol. The first-order valence-electron chi connectivity index (χ1n) is 8.10. The maximum absolute atomic E-state index is 12.8. The zero-order chi connectivity index (χ0) is 12.4. The quantitative estimate of drug-likeness (QED) is 0.759. The van der Waals surface area contributed by atoms with Crippen LogP contribution in [0.4, 0.5) is 0 Å². The van der Waals surface area contributed by atoms with Crippen LogP contribution in [-0.4, -0.2) is 29.3 Å². The van der Waals surface area contributed by atoms with Gasteiger partial charge in [-0.1, -0.05) is 38.5 Å². The molecule has 2 heteroatoms. The van der Waals surface area contributed by atoms with Crippen molar-refractivity contribution in [3.63, 3.8) is 0 Å². The minimum Gasteiger partial charge on any atom is -0.298 e. The third-order valence-corrected chi connectivity index (χ3v) is 5.61. The molecule has 1 aliphatic heterocycles. The van der Waals surface area contributed by atoms with Crippen LogP contribution in [0.5, 0.6) is 0 Å². The normalized spacial score (nSPS) is 29.1. The lowest BCUT2D eigenvalue weighted by molar-refractivity contribution is -0.133. The fraction of sp³-hybridized carbons (Fsp3) is 0.938. The Kier molecular flexibility index (Phi) is 3.74. The predicted molar refractivity (Wildman–Crippen MR) is 73.6 cm³/mol. The number of carbonyl (C=O) groups excluding carboxylic acids is 1. The SMILES string of the molecule is O=C(CC1CCC1)C1(N2CCCCC2)CCCC1. The van der Waals surface area contributed by atoms with Gasteiger partial charge in [-0.2, -0.15) is 0 Å². The summed E-state index contributed by atoms with van der Waals surface area (Å²) in [4.78, 5) is 15.4. The monoisotopic (exact) mass is 249 g/mol. The summed E-state index contributed by atoms with van der Waals surface area (Å²) in [6.45, 7) is 2.35. The molecule has 0 radical (unpaired) electrons. The van der Waals surface area contributed by atoms with E-state index in [1.54, 1.807) is 0 Å². The summed E-state index contributed by atoms with van der Waals surface area (Å²) in [7, 11) is 0. The highest BCUT2D eigenvalue weighted by Gasteiger charge is 2.46. The highest BCUT2D eigenvalue weighted by Crippen LogP contribution is 2.41. The lowest BCUT2D eigenvalue weighted by atomic mass is 9.76. The Balaban J connectivity index is 1.70. The van der Waals surface area contributed by atoms with Gasteiger partial charge in [-0.3, -0.25) is 9.69 Å². The number of hydrogen-bond acceptors (Lipinski definition) is 2. The highest BCUT2D eigenvalue weighted by molar-refractivity contribution is 5.89. The molecule has 1 saturated heterocycles. The molecule has 3 fully saturated rings. The molecule has 102 valence electrons. The van der Waals surface area contributed by atoms with Crippen LogP contribution in [0.25, 0.3) is 0 Å². The van der Waals surface area contributed by atoms with Crippen molar-refractivity contribution in [1.29, 1.82) is 0 Å². The number of hydrogen-bond donors (Lipinski definition) is 0. The molecule has 2 aliphatic carbocycles. The van der Waals surface area contributed by atoms with Gasteiger partial charge in [-0.15, -0.1) is 0 Å². The number of likely N-dealkylation sites (tertiary alicyclic amines) is 1. The Labute approximate surface area is 111 Å². The third-order valence-electron chi connectivity index (χ3n) is 5.61. The van der Waals surface area contributed by atoms with E-state index in [-0.39, 0.29) is 5.54 Å². The molecule has 0 N–H and O–H groups in total. The van der Waals surface area contributed by atoms with Gasteiger partial charge in [0.15, 0.2) is 5.78 Å². The number of piperidine rings is 1. The second-order valence-corrected chi connectivity index (χ2v) is 6.71. The summed E-state index contributed by atoms with van der Waals surface area (Å²) in [5, 5.41) is 0. The molecular weight excluding hydrogens is 222 g/mol. The van der Waals surface area contributed by atoms with E-state index in [0.717, 1.165) is 25.2 Å². The zero-order valence-electron chi connectivity index (χ0n) is 11.6. The Morgan fingerprint density at radius 2 is 1.61 bits per heavy atom. The van der Waals surface area contributed by atoms with E-state index in [4.69, 9.17) is 0 Å². The van der Waals surface area contributed by atoms with Gasteiger partial charge in [0.25, 0.3) is 0 Å². The summed E-state index contributed by atoms with van der Waals surface area (Å²) in [5.41, 5.74) is -0.0178. The van der Waals surface area contributed by atoms with Crippen LogP contribution in [0.3, 0.4) is 0 Å². The van der Waals surface area contributed by atoms with Crippen LogP contribution in [0, 0.1) is 5.92 Å². The van der Waals surface area contributed by atoms with E-state index >= 15 is 0 Å². The molecule has 18 heavy (non-hydrogen) atoms. The fourth-order valence-corrected chi connectivity index (χ4v) is 4.20. The van der Waals surface area contributed by atoms with Crippen molar-refractivity contribution in [2.24, 2.45) is 5.92 Å². The summed E-state index contributed by atoms with van der Waals surface area (Å²) in [5.74, 6) is 1.34. The van der Waals surface area contributed by atoms with Crippen molar-refractivity contribution in [2.45, 2.75) is 76.2 Å². The van der Waals surface area contributed by atoms with Crippen LogP contribution >= 0.6 is 0 Å². The molecule has 0 unspecified atom stereocenters. The topological polar surface area (TPSA) is 20.3 Å². The van der Waals surface area contributed by atoms with Crippen LogP contribution in [0.2, 0.25) is 0 Å². The number of rotatable bonds is 4. The summed E-state index contributed by atoms with van der Waals surface area (Å²) < 4.78 is 0. The molecule has 0 bridgehead atoms. The molecule has 0 atom stereocenters. The largest absolute Gasteiger partial charge is 0.298 e. The number of ketones is 1. The Morgan fingerprint density at radius 3 is 2.17 bits per heavy atom. The van der Waals surface area contributed by atoms with E-state index in [2.05, 4.69) is 4.90 Å². The number of carbonyl (C=O) groups is 1.